The quantitative estimate of drug-likeness (QED) is 0.0222. The first-order chi connectivity index (χ1) is 59.3. The first kappa shape index (κ1) is 99.7. The van der Waals surface area contributed by atoms with Crippen LogP contribution in [0.3, 0.4) is 0 Å². The molecule has 1 atom stereocenters. The third kappa shape index (κ3) is 30.8. The van der Waals surface area contributed by atoms with E-state index >= 15 is 0 Å². The molecule has 0 aliphatic carbocycles. The number of alkyl halides is 1. The number of hydrogen-bond donors (Lipinski definition) is 3. The van der Waals surface area contributed by atoms with E-state index in [2.05, 4.69) is 48.0 Å². The molecule has 13 aromatic rings. The van der Waals surface area contributed by atoms with Crippen molar-refractivity contribution in [2.75, 3.05) is 19.0 Å². The Labute approximate surface area is 739 Å². The Balaban J connectivity index is 0.000000202. The monoisotopic (exact) mass is 1860 g/mol. The Bertz CT molecular complexity index is 5940. The van der Waals surface area contributed by atoms with Gasteiger partial charge in [0.1, 0.15) is 63.5 Å². The van der Waals surface area contributed by atoms with Crippen molar-refractivity contribution in [3.05, 3.63) is 370 Å². The van der Waals surface area contributed by atoms with Gasteiger partial charge in [0.25, 0.3) is 0 Å². The predicted molar refractivity (Wildman–Crippen MR) is 487 cm³/mol. The van der Waals surface area contributed by atoms with Crippen molar-refractivity contribution in [2.24, 2.45) is 17.8 Å². The van der Waals surface area contributed by atoms with Gasteiger partial charge in [-0.1, -0.05) is 197 Å². The topological polar surface area (TPSA) is 226 Å². The van der Waals surface area contributed by atoms with Crippen molar-refractivity contribution in [1.29, 1.82) is 0 Å². The molecule has 9 aromatic carbocycles. The van der Waals surface area contributed by atoms with Gasteiger partial charge in [-0.2, -0.15) is 0 Å². The molecule has 13 rings (SSSR count). The number of rotatable bonds is 24. The van der Waals surface area contributed by atoms with Crippen LogP contribution in [0.5, 0.6) is 0 Å². The molecule has 656 valence electrons. The number of nitrogens with zero attached hydrogens (tertiary/aromatic N) is 3. The molecule has 0 saturated heterocycles. The van der Waals surface area contributed by atoms with Crippen LogP contribution < -0.4 is 0 Å². The van der Waals surface area contributed by atoms with E-state index in [9.17, 15) is 77.0 Å². The molecular formula is C99H100F7IN4O12S2. The highest BCUT2D eigenvalue weighted by atomic mass is 127. The third-order valence-electron chi connectivity index (χ3n) is 18.4. The normalized spacial score (nSPS) is 11.2. The summed E-state index contributed by atoms with van der Waals surface area (Å²) in [5.41, 5.74) is 12.5. The number of carbonyl (C=O) groups excluding carboxylic acids is 2. The summed E-state index contributed by atoms with van der Waals surface area (Å²) in [4.78, 5) is 50.3. The minimum Gasteiger partial charge on any atom is -0.477 e. The van der Waals surface area contributed by atoms with Crippen molar-refractivity contribution >= 4 is 78.3 Å². The average Bonchev–Trinajstić information content (AvgIpc) is 1.81. The maximum Gasteiger partial charge on any atom is 0.355 e. The van der Waals surface area contributed by atoms with Crippen LogP contribution >= 0.6 is 22.6 Å². The Hall–Kier alpha value is -12.4. The van der Waals surface area contributed by atoms with Crippen molar-refractivity contribution < 1.29 is 86.4 Å². The number of aryl methyl sites for hydroxylation is 3. The minimum atomic E-state index is -3.46. The van der Waals surface area contributed by atoms with Crippen molar-refractivity contribution in [2.45, 2.75) is 110 Å². The number of aromatic amines is 1. The van der Waals surface area contributed by atoms with E-state index in [1.807, 2.05) is 75.9 Å². The molecule has 26 heteroatoms. The van der Waals surface area contributed by atoms with E-state index in [1.165, 1.54) is 103 Å². The van der Waals surface area contributed by atoms with Gasteiger partial charge in [0.2, 0.25) is 0 Å². The van der Waals surface area contributed by atoms with Crippen LogP contribution in [0.15, 0.2) is 283 Å². The molecule has 125 heavy (non-hydrogen) atoms. The number of hydrogen-bond acceptors (Lipinski definition) is 10. The summed E-state index contributed by atoms with van der Waals surface area (Å²) in [6, 6.07) is 62.3. The average molecular weight is 1860 g/mol. The zero-order valence-corrected chi connectivity index (χ0v) is 74.8. The highest BCUT2D eigenvalue weighted by molar-refractivity contribution is 14.1. The van der Waals surface area contributed by atoms with Crippen molar-refractivity contribution in [3.8, 4) is 44.5 Å². The molecule has 1 unspecified atom stereocenters. The Morgan fingerprint density at radius 1 is 0.440 bits per heavy atom. The molecule has 0 radical (unpaired) electrons. The summed E-state index contributed by atoms with van der Waals surface area (Å²) in [7, 11) is -6.80. The second kappa shape index (κ2) is 48.0. The van der Waals surface area contributed by atoms with Gasteiger partial charge < -0.3 is 38.4 Å². The highest BCUT2D eigenvalue weighted by Crippen LogP contribution is 2.33. The van der Waals surface area contributed by atoms with E-state index < -0.39 is 37.6 Å². The first-order valence-corrected chi connectivity index (χ1v) is 44.2. The maximum atomic E-state index is 13.1. The summed E-state index contributed by atoms with van der Waals surface area (Å²) in [6.45, 7) is 27.8. The van der Waals surface area contributed by atoms with Crippen molar-refractivity contribution in [1.82, 2.24) is 18.7 Å². The second-order valence-electron chi connectivity index (χ2n) is 29.7. The lowest BCUT2D eigenvalue weighted by atomic mass is 10.1. The van der Waals surface area contributed by atoms with Gasteiger partial charge in [0.15, 0.2) is 19.7 Å². The lowest BCUT2D eigenvalue weighted by molar-refractivity contribution is 0.0507. The molecule has 0 fully saturated rings. The number of halogens is 8. The number of aromatic carboxylic acids is 2. The molecule has 0 amide bonds. The number of benzene rings is 9. The Morgan fingerprint density at radius 3 is 1.20 bits per heavy atom. The van der Waals surface area contributed by atoms with Gasteiger partial charge in [-0.15, -0.1) is 0 Å². The maximum absolute atomic E-state index is 13.1. The number of carboxylic acid groups (broad SMARTS) is 2. The van der Waals surface area contributed by atoms with Gasteiger partial charge in [-0.05, 0) is 231 Å². The molecule has 0 aliphatic rings. The van der Waals surface area contributed by atoms with Crippen LogP contribution in [0.1, 0.15) is 135 Å². The van der Waals surface area contributed by atoms with E-state index in [0.717, 1.165) is 62.2 Å². The van der Waals surface area contributed by atoms with Crippen LogP contribution in [0.25, 0.3) is 56.7 Å². The van der Waals surface area contributed by atoms with Gasteiger partial charge in [-0.25, -0.2) is 66.7 Å². The van der Waals surface area contributed by atoms with E-state index in [4.69, 9.17) is 9.47 Å². The number of aromatic nitrogens is 4. The number of H-pyrrole nitrogens is 1. The summed E-state index contributed by atoms with van der Waals surface area (Å²) >= 11 is 2.08. The smallest absolute Gasteiger partial charge is 0.355 e. The van der Waals surface area contributed by atoms with Crippen LogP contribution in [0.2, 0.25) is 0 Å². The Morgan fingerprint density at radius 2 is 0.800 bits per heavy atom. The fourth-order valence-electron chi connectivity index (χ4n) is 12.3. The largest absolute Gasteiger partial charge is 0.477 e. The predicted octanol–water partition coefficient (Wildman–Crippen LogP) is 24.9. The lowest BCUT2D eigenvalue weighted by Crippen LogP contribution is -2.15. The standard InChI is InChI=1S/C17H20FNO2.C16H18FNO2.C15H14FIO2S.C15H16FNO2.C15H13FO2S.C13H12FNO2.C8H7F/c1-4-21-17(20)16-15(9-10-19(16)11-12(2)3)13-5-7-14(18)8-6-13;1-10(2)9-18-11(3)8-14(15(18)16(19)20)12-4-6-13(17)7-5-12;1-11-2-8-14(9-3-11)20(18,19)10-15(17)12-4-6-13(16)7-5-12;1-10(2)9-17-8-7-13(14(17)15(18)19)11-3-5-12(16)6-4-11;1-12-2-8-15(9-3-12)19(17,18)11-10-13-4-6-14(16)7-5-13;1-2-17-13(16)12-11(7-8-15-12)9-3-5-10(14)6-4-9;1-2-7-3-5-8(9)6-4-7/h5-10,12H,4,11H2,1-3H3;4-8,10H,9H2,1-3H3,(H,19,20);2-9,15H,10H2,1H3;3-8,10H,9H2,1-2H3,(H,18,19);2-11H,1H3;3-8,15H,2H2,1H3;2-6H,1H2/b;;;;11-10+;;. The van der Waals surface area contributed by atoms with Gasteiger partial charge >= 0.3 is 23.9 Å². The molecule has 0 spiro atoms. The van der Waals surface area contributed by atoms with Gasteiger partial charge in [-0.3, -0.25) is 0 Å². The summed E-state index contributed by atoms with van der Waals surface area (Å²) < 4.78 is 154. The van der Waals surface area contributed by atoms with Gasteiger partial charge in [0, 0.05) is 71.6 Å². The molecule has 0 saturated carbocycles. The molecule has 4 aromatic heterocycles. The molecule has 4 heterocycles. The first-order valence-electron chi connectivity index (χ1n) is 39.7. The van der Waals surface area contributed by atoms with Crippen molar-refractivity contribution in [3.63, 3.8) is 0 Å². The summed E-state index contributed by atoms with van der Waals surface area (Å²) in [6.07, 6.45) is 8.44. The number of esters is 2. The molecule has 0 bridgehead atoms. The number of sulfone groups is 2. The van der Waals surface area contributed by atoms with E-state index in [-0.39, 0.29) is 72.7 Å². The van der Waals surface area contributed by atoms with Gasteiger partial charge in [0.05, 0.1) is 32.7 Å². The number of carboxylic acids is 2. The number of ether oxygens (including phenoxy) is 2. The van der Waals surface area contributed by atoms with Crippen LogP contribution in [-0.2, 0) is 48.8 Å². The van der Waals surface area contributed by atoms with E-state index in [0.29, 0.717) is 88.2 Å². The third-order valence-corrected chi connectivity index (χ3v) is 23.3. The fraction of sp³-hybridized carbons (Fsp3) is 0.212. The molecule has 16 nitrogen and oxygen atoms in total. The lowest BCUT2D eigenvalue weighted by Gasteiger charge is -2.12. The molecule has 3 N–H and O–H groups in total. The van der Waals surface area contributed by atoms with Crippen LogP contribution in [-0.4, -0.2) is 88.6 Å². The highest BCUT2D eigenvalue weighted by Gasteiger charge is 2.25. The summed E-state index contributed by atoms with van der Waals surface area (Å²) in [5.74, 6) is -3.70. The van der Waals surface area contributed by atoms with Crippen LogP contribution in [0, 0.1) is 79.2 Å². The fourth-order valence-corrected chi connectivity index (χ4v) is 16.5. The second-order valence-corrected chi connectivity index (χ2v) is 35.1. The zero-order valence-electron chi connectivity index (χ0n) is 71.0. The SMILES string of the molecule is C=Cc1ccc(F)cc1.CC(C)Cn1ccc(-c2ccc(F)cc2)c1C(=O)O.CCOC(=O)c1[nH]ccc1-c1ccc(F)cc1.CCOC(=O)c1c(-c2ccc(F)cc2)ccn1CC(C)C.Cc1cc(-c2ccc(F)cc2)c(C(=O)O)n1CC(C)C.Cc1ccc(S(=O)(=O)/C=C/c2ccc(F)cc2)cc1.Cc1ccc(S(=O)(=O)CC(I)c2ccc(F)cc2)cc1. The number of carbonyl (C=O) groups is 4. The minimum absolute atomic E-state index is 0.00224. The number of nitrogens with one attached hydrogen (secondary N) is 1. The Kier molecular flexibility index (Phi) is 38.3. The zero-order chi connectivity index (χ0) is 91.8. The summed E-state index contributed by atoms with van der Waals surface area (Å²) in [5, 5.41) is 20.0. The molecule has 0 aliphatic heterocycles. The van der Waals surface area contributed by atoms with E-state index in [1.54, 1.807) is 170 Å². The van der Waals surface area contributed by atoms with Crippen LogP contribution in [0.4, 0.5) is 30.7 Å². The molecular weight excluding hydrogens is 1760 g/mol.